The second kappa shape index (κ2) is 5.74. The smallest absolute Gasteiger partial charge is 0.341 e. The average molecular weight is 356 g/mol. The van der Waals surface area contributed by atoms with Gasteiger partial charge in [-0.1, -0.05) is 29.8 Å². The van der Waals surface area contributed by atoms with E-state index in [2.05, 4.69) is 10.1 Å². The molecule has 0 atom stereocenters. The third-order valence-electron chi connectivity index (χ3n) is 3.65. The summed E-state index contributed by atoms with van der Waals surface area (Å²) in [6.07, 6.45) is 2.91. The third kappa shape index (κ3) is 2.46. The van der Waals surface area contributed by atoms with Crippen molar-refractivity contribution in [2.45, 2.75) is 0 Å². The molecule has 0 aliphatic rings. The minimum Gasteiger partial charge on any atom is -0.477 e. The monoisotopic (exact) mass is 355 g/mol. The molecular formula is C17H10ClN3O2S. The molecule has 118 valence electrons. The van der Waals surface area contributed by atoms with Crippen molar-refractivity contribution in [3.05, 3.63) is 64.8 Å². The lowest BCUT2D eigenvalue weighted by molar-refractivity contribution is 0.0699. The van der Waals surface area contributed by atoms with Crippen LogP contribution < -0.4 is 0 Å². The Morgan fingerprint density at radius 2 is 2.00 bits per heavy atom. The average Bonchev–Trinajstić information content (AvgIpc) is 3.21. The summed E-state index contributed by atoms with van der Waals surface area (Å²) in [5.74, 6) is -1.04. The van der Waals surface area contributed by atoms with Gasteiger partial charge < -0.3 is 5.11 Å². The van der Waals surface area contributed by atoms with Gasteiger partial charge in [0.05, 0.1) is 16.2 Å². The molecule has 0 saturated heterocycles. The molecule has 7 heteroatoms. The van der Waals surface area contributed by atoms with Crippen LogP contribution in [0.3, 0.4) is 0 Å². The van der Waals surface area contributed by atoms with Crippen LogP contribution in [-0.2, 0) is 0 Å². The predicted octanol–water partition coefficient (Wildman–Crippen LogP) is 4.48. The van der Waals surface area contributed by atoms with Gasteiger partial charge in [-0.2, -0.15) is 5.10 Å². The van der Waals surface area contributed by atoms with E-state index < -0.39 is 5.97 Å². The fraction of sp³-hybridized carbons (Fsp3) is 0. The molecule has 1 N–H and O–H groups in total. The quantitative estimate of drug-likeness (QED) is 0.588. The van der Waals surface area contributed by atoms with Crippen molar-refractivity contribution in [3.63, 3.8) is 0 Å². The zero-order chi connectivity index (χ0) is 16.7. The lowest BCUT2D eigenvalue weighted by atomic mass is 10.1. The Balaban J connectivity index is 1.88. The number of benzene rings is 1. The van der Waals surface area contributed by atoms with Crippen molar-refractivity contribution in [1.29, 1.82) is 0 Å². The summed E-state index contributed by atoms with van der Waals surface area (Å²) in [7, 11) is 0. The number of nitrogens with zero attached hydrogens (tertiary/aromatic N) is 3. The Morgan fingerprint density at radius 3 is 2.75 bits per heavy atom. The van der Waals surface area contributed by atoms with Crippen molar-refractivity contribution in [3.8, 4) is 21.7 Å². The number of rotatable bonds is 3. The van der Waals surface area contributed by atoms with Gasteiger partial charge in [-0.25, -0.2) is 14.3 Å². The second-order valence-corrected chi connectivity index (χ2v) is 6.83. The zero-order valence-electron chi connectivity index (χ0n) is 12.2. The van der Waals surface area contributed by atoms with Crippen molar-refractivity contribution < 1.29 is 9.90 Å². The largest absolute Gasteiger partial charge is 0.477 e. The molecule has 0 aliphatic carbocycles. The van der Waals surface area contributed by atoms with Crippen LogP contribution in [0.2, 0.25) is 4.34 Å². The summed E-state index contributed by atoms with van der Waals surface area (Å²) >= 11 is 7.53. The fourth-order valence-corrected chi connectivity index (χ4v) is 3.60. The van der Waals surface area contributed by atoms with E-state index in [4.69, 9.17) is 11.6 Å². The van der Waals surface area contributed by atoms with Crippen molar-refractivity contribution >= 4 is 34.6 Å². The van der Waals surface area contributed by atoms with Crippen molar-refractivity contribution in [2.24, 2.45) is 0 Å². The highest BCUT2D eigenvalue weighted by atomic mass is 35.5. The minimum atomic E-state index is -1.04. The van der Waals surface area contributed by atoms with Gasteiger partial charge in [0.2, 0.25) is 0 Å². The van der Waals surface area contributed by atoms with Crippen LogP contribution in [0, 0.1) is 0 Å². The highest BCUT2D eigenvalue weighted by molar-refractivity contribution is 7.19. The number of thiophene rings is 1. The van der Waals surface area contributed by atoms with E-state index in [9.17, 15) is 9.90 Å². The molecule has 1 aromatic carbocycles. The Kier molecular flexibility index (Phi) is 3.55. The van der Waals surface area contributed by atoms with Gasteiger partial charge in [0.25, 0.3) is 0 Å². The summed E-state index contributed by atoms with van der Waals surface area (Å²) in [6, 6.07) is 13.6. The van der Waals surface area contributed by atoms with Crippen LogP contribution in [0.1, 0.15) is 10.4 Å². The van der Waals surface area contributed by atoms with Crippen LogP contribution in [0.15, 0.2) is 54.9 Å². The summed E-state index contributed by atoms with van der Waals surface area (Å²) in [5.41, 5.74) is 3.14. The van der Waals surface area contributed by atoms with Crippen LogP contribution in [0.5, 0.6) is 0 Å². The van der Waals surface area contributed by atoms with E-state index in [0.29, 0.717) is 5.65 Å². The van der Waals surface area contributed by atoms with E-state index in [-0.39, 0.29) is 5.56 Å². The van der Waals surface area contributed by atoms with Gasteiger partial charge in [0.15, 0.2) is 5.65 Å². The Hall–Kier alpha value is -2.70. The lowest BCUT2D eigenvalue weighted by Crippen LogP contribution is -1.99. The molecule has 0 amide bonds. The van der Waals surface area contributed by atoms with Gasteiger partial charge in [0, 0.05) is 16.6 Å². The molecule has 0 fully saturated rings. The number of carboxylic acid groups (broad SMARTS) is 1. The van der Waals surface area contributed by atoms with Gasteiger partial charge in [-0.3, -0.25) is 0 Å². The number of hydrogen-bond donors (Lipinski definition) is 1. The summed E-state index contributed by atoms with van der Waals surface area (Å²) in [5, 5.41) is 13.4. The van der Waals surface area contributed by atoms with Crippen LogP contribution in [0.4, 0.5) is 0 Å². The first-order valence-electron chi connectivity index (χ1n) is 7.05. The maximum Gasteiger partial charge on any atom is 0.341 e. The van der Waals surface area contributed by atoms with Crippen molar-refractivity contribution in [2.75, 3.05) is 0 Å². The van der Waals surface area contributed by atoms with E-state index in [0.717, 1.165) is 26.0 Å². The molecule has 0 saturated carbocycles. The van der Waals surface area contributed by atoms with E-state index in [1.807, 2.05) is 42.5 Å². The molecule has 5 nitrogen and oxygen atoms in total. The number of hydrogen-bond acceptors (Lipinski definition) is 4. The summed E-state index contributed by atoms with van der Waals surface area (Å²) < 4.78 is 2.28. The van der Waals surface area contributed by atoms with Gasteiger partial charge in [-0.15, -0.1) is 11.3 Å². The first kappa shape index (κ1) is 14.9. The predicted molar refractivity (Wildman–Crippen MR) is 93.7 cm³/mol. The molecule has 4 aromatic rings. The van der Waals surface area contributed by atoms with Gasteiger partial charge in [0.1, 0.15) is 5.56 Å². The Labute approximate surface area is 145 Å². The molecule has 0 bridgehead atoms. The van der Waals surface area contributed by atoms with Crippen LogP contribution in [0.25, 0.3) is 27.3 Å². The molecule has 0 radical (unpaired) electrons. The molecule has 4 rings (SSSR count). The Morgan fingerprint density at radius 1 is 1.17 bits per heavy atom. The van der Waals surface area contributed by atoms with Crippen LogP contribution in [-0.4, -0.2) is 25.7 Å². The van der Waals surface area contributed by atoms with Crippen LogP contribution >= 0.6 is 22.9 Å². The van der Waals surface area contributed by atoms with Crippen molar-refractivity contribution in [1.82, 2.24) is 14.6 Å². The van der Waals surface area contributed by atoms with Gasteiger partial charge >= 0.3 is 5.97 Å². The number of carbonyl (C=O) groups is 1. The fourth-order valence-electron chi connectivity index (χ4n) is 2.56. The summed E-state index contributed by atoms with van der Waals surface area (Å²) in [6.45, 7) is 0. The normalized spacial score (nSPS) is 11.0. The number of fused-ring (bicyclic) bond motifs is 1. The van der Waals surface area contributed by atoms with Gasteiger partial charge in [-0.05, 0) is 29.8 Å². The maximum atomic E-state index is 11.3. The maximum absolute atomic E-state index is 11.3. The lowest BCUT2D eigenvalue weighted by Gasteiger charge is -2.06. The number of halogens is 1. The first-order valence-corrected chi connectivity index (χ1v) is 8.25. The van der Waals surface area contributed by atoms with E-state index in [1.165, 1.54) is 17.5 Å². The molecule has 3 heterocycles. The first-order chi connectivity index (χ1) is 11.6. The number of carboxylic acids is 1. The second-order valence-electron chi connectivity index (χ2n) is 5.11. The molecule has 0 spiro atoms. The van der Waals surface area contributed by atoms with E-state index >= 15 is 0 Å². The molecule has 3 aromatic heterocycles. The topological polar surface area (TPSA) is 67.5 Å². The number of aromatic nitrogens is 3. The molecule has 24 heavy (non-hydrogen) atoms. The molecule has 0 unspecified atom stereocenters. The SMILES string of the molecule is O=C(O)c1cnn2c(-c3cccc(-c4ccc(Cl)s4)c3)ccnc12. The standard InChI is InChI=1S/C17H10ClN3O2S/c18-15-5-4-14(24-15)11-3-1-2-10(8-11)13-6-7-19-16-12(17(22)23)9-20-21(13)16/h1-9H,(H,22,23). The van der Waals surface area contributed by atoms with E-state index in [1.54, 1.807) is 10.7 Å². The third-order valence-corrected chi connectivity index (χ3v) is 4.93. The molecular weight excluding hydrogens is 346 g/mol. The number of aromatic carboxylic acids is 1. The Bertz CT molecular complexity index is 1070. The highest BCUT2D eigenvalue weighted by Gasteiger charge is 2.15. The minimum absolute atomic E-state index is 0.0815. The zero-order valence-corrected chi connectivity index (χ0v) is 13.8. The highest BCUT2D eigenvalue weighted by Crippen LogP contribution is 2.33. The molecule has 0 aliphatic heterocycles. The summed E-state index contributed by atoms with van der Waals surface area (Å²) in [4.78, 5) is 16.5.